The first-order chi connectivity index (χ1) is 10.3. The minimum Gasteiger partial charge on any atom is -0.458 e. The molecule has 2 unspecified atom stereocenters. The van der Waals surface area contributed by atoms with E-state index in [0.717, 1.165) is 18.6 Å². The summed E-state index contributed by atoms with van der Waals surface area (Å²) in [5.74, 6) is -0.356. The lowest BCUT2D eigenvalue weighted by molar-refractivity contribution is -0.0826. The van der Waals surface area contributed by atoms with Gasteiger partial charge in [-0.05, 0) is 12.5 Å². The van der Waals surface area contributed by atoms with Gasteiger partial charge in [-0.1, -0.05) is 30.3 Å². The van der Waals surface area contributed by atoms with Crippen LogP contribution in [0.1, 0.15) is 35.4 Å². The van der Waals surface area contributed by atoms with Crippen LogP contribution in [0.3, 0.4) is 0 Å². The van der Waals surface area contributed by atoms with Gasteiger partial charge in [-0.2, -0.15) is 0 Å². The summed E-state index contributed by atoms with van der Waals surface area (Å²) in [7, 11) is 0. The molecule has 2 heterocycles. The third kappa shape index (κ3) is 2.97. The third-order valence-electron chi connectivity index (χ3n) is 3.77. The lowest BCUT2D eigenvalue weighted by atomic mass is 10.1. The van der Waals surface area contributed by atoms with E-state index < -0.39 is 0 Å². The fraction of sp³-hybridized carbons (Fsp3) is 0.375. The summed E-state index contributed by atoms with van der Waals surface area (Å²) in [5.41, 5.74) is 1.58. The van der Waals surface area contributed by atoms with E-state index >= 15 is 0 Å². The normalized spacial score (nSPS) is 18.8. The van der Waals surface area contributed by atoms with Crippen LogP contribution in [0.2, 0.25) is 0 Å². The van der Waals surface area contributed by atoms with Gasteiger partial charge in [0.05, 0.1) is 24.7 Å². The molecule has 21 heavy (non-hydrogen) atoms. The van der Waals surface area contributed by atoms with Gasteiger partial charge in [0, 0.05) is 13.0 Å². The van der Waals surface area contributed by atoms with Crippen LogP contribution in [-0.2, 0) is 9.47 Å². The van der Waals surface area contributed by atoms with Crippen LogP contribution < -0.4 is 0 Å². The van der Waals surface area contributed by atoms with E-state index in [0.29, 0.717) is 12.3 Å². The van der Waals surface area contributed by atoms with Gasteiger partial charge in [0.1, 0.15) is 12.3 Å². The standard InChI is InChI=1S/C16H18N2O3/c1-12(13-5-3-2-4-6-13)18-11-17-9-15(18)16(19)21-10-14-7-8-20-14/h2-6,9,11-12,14H,7-8,10H2,1H3. The number of carbonyl (C=O) groups excluding carboxylic acids is 1. The van der Waals surface area contributed by atoms with Crippen LogP contribution in [0.4, 0.5) is 0 Å². The van der Waals surface area contributed by atoms with Crippen molar-refractivity contribution in [2.75, 3.05) is 13.2 Å². The SMILES string of the molecule is CC(c1ccccc1)n1cncc1C(=O)OCC1CCO1. The van der Waals surface area contributed by atoms with E-state index in [-0.39, 0.29) is 18.1 Å². The molecule has 2 aromatic rings. The second-order valence-electron chi connectivity index (χ2n) is 5.15. The summed E-state index contributed by atoms with van der Waals surface area (Å²) >= 11 is 0. The highest BCUT2D eigenvalue weighted by Crippen LogP contribution is 2.20. The first-order valence-electron chi connectivity index (χ1n) is 7.11. The molecule has 0 spiro atoms. The number of imidazole rings is 1. The number of ether oxygens (including phenoxy) is 2. The Morgan fingerprint density at radius 1 is 1.48 bits per heavy atom. The molecule has 3 rings (SSSR count). The summed E-state index contributed by atoms with van der Waals surface area (Å²) in [5, 5.41) is 0. The van der Waals surface area contributed by atoms with Gasteiger partial charge < -0.3 is 14.0 Å². The van der Waals surface area contributed by atoms with E-state index in [2.05, 4.69) is 4.98 Å². The predicted molar refractivity (Wildman–Crippen MR) is 77.1 cm³/mol. The maximum Gasteiger partial charge on any atom is 0.356 e. The Labute approximate surface area is 123 Å². The Balaban J connectivity index is 1.72. The molecular weight excluding hydrogens is 268 g/mol. The first kappa shape index (κ1) is 13.8. The molecule has 0 bridgehead atoms. The Bertz CT molecular complexity index is 605. The largest absolute Gasteiger partial charge is 0.458 e. The van der Waals surface area contributed by atoms with Crippen molar-refractivity contribution in [1.82, 2.24) is 9.55 Å². The summed E-state index contributed by atoms with van der Waals surface area (Å²) in [6.45, 7) is 3.09. The molecule has 1 aliphatic rings. The van der Waals surface area contributed by atoms with Crippen molar-refractivity contribution in [2.45, 2.75) is 25.5 Å². The Morgan fingerprint density at radius 2 is 2.24 bits per heavy atom. The molecule has 0 amide bonds. The summed E-state index contributed by atoms with van der Waals surface area (Å²) < 4.78 is 12.4. The van der Waals surface area contributed by atoms with Gasteiger partial charge in [-0.3, -0.25) is 0 Å². The predicted octanol–water partition coefficient (Wildman–Crippen LogP) is 2.44. The average Bonchev–Trinajstić information content (AvgIpc) is 2.95. The molecule has 5 heteroatoms. The zero-order valence-electron chi connectivity index (χ0n) is 11.9. The molecule has 0 aliphatic carbocycles. The first-order valence-corrected chi connectivity index (χ1v) is 7.11. The topological polar surface area (TPSA) is 53.4 Å². The molecule has 0 N–H and O–H groups in total. The van der Waals surface area contributed by atoms with E-state index in [1.54, 1.807) is 12.5 Å². The summed E-state index contributed by atoms with van der Waals surface area (Å²) in [4.78, 5) is 16.3. The molecule has 1 aromatic carbocycles. The molecule has 0 radical (unpaired) electrons. The Morgan fingerprint density at radius 3 is 2.90 bits per heavy atom. The van der Waals surface area contributed by atoms with E-state index in [4.69, 9.17) is 9.47 Å². The van der Waals surface area contributed by atoms with Gasteiger partial charge in [0.25, 0.3) is 0 Å². The molecule has 2 atom stereocenters. The molecule has 1 aliphatic heterocycles. The number of hydrogen-bond donors (Lipinski definition) is 0. The van der Waals surface area contributed by atoms with E-state index in [1.807, 2.05) is 41.8 Å². The van der Waals surface area contributed by atoms with E-state index in [9.17, 15) is 4.79 Å². The average molecular weight is 286 g/mol. The van der Waals surface area contributed by atoms with Gasteiger partial charge >= 0.3 is 5.97 Å². The fourth-order valence-electron chi connectivity index (χ4n) is 2.32. The molecular formula is C16H18N2O3. The van der Waals surface area contributed by atoms with Crippen LogP contribution in [-0.4, -0.2) is 34.8 Å². The van der Waals surface area contributed by atoms with Crippen molar-refractivity contribution >= 4 is 5.97 Å². The van der Waals surface area contributed by atoms with Crippen molar-refractivity contribution in [2.24, 2.45) is 0 Å². The van der Waals surface area contributed by atoms with Crippen LogP contribution in [0.5, 0.6) is 0 Å². The number of carbonyl (C=O) groups is 1. The fourth-order valence-corrected chi connectivity index (χ4v) is 2.32. The van der Waals surface area contributed by atoms with Crippen molar-refractivity contribution in [3.8, 4) is 0 Å². The van der Waals surface area contributed by atoms with Gasteiger partial charge in [-0.15, -0.1) is 0 Å². The second-order valence-corrected chi connectivity index (χ2v) is 5.15. The summed E-state index contributed by atoms with van der Waals surface area (Å²) in [6, 6.07) is 10.0. The lowest BCUT2D eigenvalue weighted by Gasteiger charge is -2.25. The molecule has 1 saturated heterocycles. The van der Waals surface area contributed by atoms with Crippen molar-refractivity contribution in [3.63, 3.8) is 0 Å². The van der Waals surface area contributed by atoms with E-state index in [1.165, 1.54) is 0 Å². The van der Waals surface area contributed by atoms with Crippen LogP contribution in [0.25, 0.3) is 0 Å². The minimum absolute atomic E-state index is 0.0243. The molecule has 110 valence electrons. The molecule has 0 saturated carbocycles. The lowest BCUT2D eigenvalue weighted by Crippen LogP contribution is -2.32. The van der Waals surface area contributed by atoms with Crippen LogP contribution in [0.15, 0.2) is 42.9 Å². The number of esters is 1. The summed E-state index contributed by atoms with van der Waals surface area (Å²) in [6.07, 6.45) is 4.21. The Hall–Kier alpha value is -2.14. The zero-order chi connectivity index (χ0) is 14.7. The molecule has 1 fully saturated rings. The number of benzene rings is 1. The minimum atomic E-state index is -0.356. The zero-order valence-corrected chi connectivity index (χ0v) is 11.9. The van der Waals surface area contributed by atoms with Crippen LogP contribution in [0, 0.1) is 0 Å². The van der Waals surface area contributed by atoms with Gasteiger partial charge in [0.15, 0.2) is 0 Å². The van der Waals surface area contributed by atoms with Crippen molar-refractivity contribution in [3.05, 3.63) is 54.1 Å². The van der Waals surface area contributed by atoms with Crippen molar-refractivity contribution < 1.29 is 14.3 Å². The second kappa shape index (κ2) is 6.10. The maximum absolute atomic E-state index is 12.2. The maximum atomic E-state index is 12.2. The smallest absolute Gasteiger partial charge is 0.356 e. The van der Waals surface area contributed by atoms with Gasteiger partial charge in [-0.25, -0.2) is 9.78 Å². The highest BCUT2D eigenvalue weighted by molar-refractivity contribution is 5.87. The Kier molecular flexibility index (Phi) is 4.01. The highest BCUT2D eigenvalue weighted by atomic mass is 16.6. The molecule has 5 nitrogen and oxygen atoms in total. The van der Waals surface area contributed by atoms with Gasteiger partial charge in [0.2, 0.25) is 0 Å². The number of nitrogens with zero attached hydrogens (tertiary/aromatic N) is 2. The number of rotatable bonds is 5. The number of hydrogen-bond acceptors (Lipinski definition) is 4. The quantitative estimate of drug-likeness (QED) is 0.792. The van der Waals surface area contributed by atoms with Crippen LogP contribution >= 0.6 is 0 Å². The number of aromatic nitrogens is 2. The third-order valence-corrected chi connectivity index (χ3v) is 3.77. The van der Waals surface area contributed by atoms with Crippen molar-refractivity contribution in [1.29, 1.82) is 0 Å². The molecule has 1 aromatic heterocycles. The highest BCUT2D eigenvalue weighted by Gasteiger charge is 2.23. The monoisotopic (exact) mass is 286 g/mol.